The number of aliphatic hydroxyl groups is 2. The van der Waals surface area contributed by atoms with Gasteiger partial charge in [-0.3, -0.25) is 4.79 Å². The van der Waals surface area contributed by atoms with Crippen LogP contribution in [0.15, 0.2) is 87.9 Å². The zero-order chi connectivity index (χ0) is 39.4. The minimum Gasteiger partial charge on any atom is -0.508 e. The number of allylic oxidation sites excluding steroid dienone is 1. The highest BCUT2D eigenvalue weighted by atomic mass is 16.6. The molecule has 13 heteroatoms. The highest BCUT2D eigenvalue weighted by Gasteiger charge is 2.48. The van der Waals surface area contributed by atoms with Crippen LogP contribution in [0.1, 0.15) is 79.5 Å². The van der Waals surface area contributed by atoms with E-state index in [-0.39, 0.29) is 51.6 Å². The SMILES string of the molecule is C/C=C(/C)C(=O)O[C@@H]1Cc2c(c([C@@H](c3ccnc(N)c3)[C@H](CO)c3cccc(O)c3)c3oc(CO)cc(=O)c3c2O)O[C@@]1(C)CCc1ccc(NCC)nc1. The van der Waals surface area contributed by atoms with Crippen molar-refractivity contribution < 1.29 is 39.1 Å². The van der Waals surface area contributed by atoms with Gasteiger partial charge in [-0.2, -0.15) is 0 Å². The van der Waals surface area contributed by atoms with Gasteiger partial charge in [0.25, 0.3) is 0 Å². The summed E-state index contributed by atoms with van der Waals surface area (Å²) in [5.74, 6) is -1.73. The van der Waals surface area contributed by atoms with E-state index < -0.39 is 53.9 Å². The third-order valence-electron chi connectivity index (χ3n) is 10.3. The Morgan fingerprint density at radius 1 is 1.13 bits per heavy atom. The standard InChI is InChI=1S/C42H46N4O9/c1-5-23(3)41(52)54-32-19-29-38(51)36-31(50)18-28(21-47)53-40(36)37(39(29)55-42(32,4)14-12-24-10-11-34(44-6-2)46-20-24)35(26-13-15-45-33(43)17-26)30(22-48)25-8-7-9-27(49)16-25/h5,7-11,13,15-18,20,30,32,35,47-49,51H,6,12,14,19,21-22H2,1-4H3,(H2,43,45)(H,44,46)/b23-5-/t30-,32-,35+,42+/m1/s1. The predicted octanol–water partition coefficient (Wildman–Crippen LogP) is 5.61. The van der Waals surface area contributed by atoms with Gasteiger partial charge in [-0.1, -0.05) is 24.3 Å². The van der Waals surface area contributed by atoms with E-state index in [4.69, 9.17) is 19.6 Å². The number of rotatable bonds is 13. The number of nitrogens with two attached hydrogens (primary N) is 1. The van der Waals surface area contributed by atoms with Crippen LogP contribution in [0.2, 0.25) is 0 Å². The maximum absolute atomic E-state index is 13.8. The summed E-state index contributed by atoms with van der Waals surface area (Å²) in [5.41, 5.74) is 7.15. The Morgan fingerprint density at radius 2 is 1.93 bits per heavy atom. The largest absolute Gasteiger partial charge is 0.508 e. The van der Waals surface area contributed by atoms with Crippen LogP contribution in [0.5, 0.6) is 17.2 Å². The number of aromatic hydroxyl groups is 2. The number of aromatic nitrogens is 2. The van der Waals surface area contributed by atoms with E-state index in [9.17, 15) is 30.0 Å². The molecule has 0 aliphatic carbocycles. The molecular weight excluding hydrogens is 704 g/mol. The van der Waals surface area contributed by atoms with E-state index in [0.29, 0.717) is 29.5 Å². The van der Waals surface area contributed by atoms with Crippen molar-refractivity contribution in [2.75, 3.05) is 24.2 Å². The minimum atomic E-state index is -1.23. The zero-order valence-corrected chi connectivity index (χ0v) is 31.2. The van der Waals surface area contributed by atoms with Crippen LogP contribution in [0, 0.1) is 0 Å². The lowest BCUT2D eigenvalue weighted by molar-refractivity contribution is -0.158. The first-order chi connectivity index (χ1) is 26.4. The van der Waals surface area contributed by atoms with Gasteiger partial charge in [0.05, 0.1) is 6.61 Å². The molecule has 55 heavy (non-hydrogen) atoms. The minimum absolute atomic E-state index is 0.0338. The van der Waals surface area contributed by atoms with Gasteiger partial charge < -0.3 is 45.4 Å². The number of nitrogens with one attached hydrogen (secondary N) is 1. The lowest BCUT2D eigenvalue weighted by Gasteiger charge is -2.44. The Hall–Kier alpha value is -5.92. The summed E-state index contributed by atoms with van der Waals surface area (Å²) in [4.78, 5) is 35.9. The summed E-state index contributed by atoms with van der Waals surface area (Å²) < 4.78 is 19.5. The number of anilines is 2. The third kappa shape index (κ3) is 7.84. The average molecular weight is 751 g/mol. The van der Waals surface area contributed by atoms with Crippen molar-refractivity contribution in [2.24, 2.45) is 0 Å². The molecule has 6 rings (SSSR count). The second-order valence-electron chi connectivity index (χ2n) is 14.0. The van der Waals surface area contributed by atoms with Crippen molar-refractivity contribution in [2.45, 2.75) is 77.1 Å². The first-order valence-corrected chi connectivity index (χ1v) is 18.2. The van der Waals surface area contributed by atoms with E-state index in [1.807, 2.05) is 26.0 Å². The number of hydrogen-bond acceptors (Lipinski definition) is 13. The molecular formula is C42H46N4O9. The van der Waals surface area contributed by atoms with Gasteiger partial charge >= 0.3 is 5.97 Å². The molecule has 0 amide bonds. The first-order valence-electron chi connectivity index (χ1n) is 18.2. The fourth-order valence-electron chi connectivity index (χ4n) is 7.23. The van der Waals surface area contributed by atoms with Crippen LogP contribution in [0.3, 0.4) is 0 Å². The van der Waals surface area contributed by atoms with Gasteiger partial charge in [0.1, 0.15) is 63.9 Å². The third-order valence-corrected chi connectivity index (χ3v) is 10.3. The van der Waals surface area contributed by atoms with Crippen LogP contribution in [-0.4, -0.2) is 61.2 Å². The normalized spacial score (nSPS) is 17.9. The van der Waals surface area contributed by atoms with E-state index in [1.54, 1.807) is 50.4 Å². The highest BCUT2D eigenvalue weighted by Crippen LogP contribution is 2.53. The number of fused-ring (bicyclic) bond motifs is 2. The number of benzene rings is 2. The number of hydrogen-bond donors (Lipinski definition) is 6. The van der Waals surface area contributed by atoms with Crippen molar-refractivity contribution in [3.05, 3.63) is 122 Å². The Bertz CT molecular complexity index is 2290. The number of nitrogen functional groups attached to an aromatic ring is 1. The maximum Gasteiger partial charge on any atom is 0.333 e. The number of phenols is 2. The summed E-state index contributed by atoms with van der Waals surface area (Å²) in [6.45, 7) is 6.83. The van der Waals surface area contributed by atoms with E-state index in [0.717, 1.165) is 24.0 Å². The molecule has 13 nitrogen and oxygen atoms in total. The van der Waals surface area contributed by atoms with Crippen LogP contribution in [0.25, 0.3) is 11.0 Å². The van der Waals surface area contributed by atoms with Crippen LogP contribution < -0.4 is 21.2 Å². The van der Waals surface area contributed by atoms with Crippen LogP contribution in [-0.2, 0) is 29.0 Å². The molecule has 288 valence electrons. The molecule has 0 bridgehead atoms. The molecule has 1 aliphatic heterocycles. The molecule has 1 aliphatic rings. The molecule has 7 N–H and O–H groups in total. The fraction of sp³-hybridized carbons (Fsp3) is 0.333. The highest BCUT2D eigenvalue weighted by molar-refractivity contribution is 5.92. The second-order valence-corrected chi connectivity index (χ2v) is 14.0. The molecule has 0 fully saturated rings. The van der Waals surface area contributed by atoms with E-state index >= 15 is 0 Å². The smallest absolute Gasteiger partial charge is 0.333 e. The number of carbonyl (C=O) groups excluding carboxylic acids is 1. The summed E-state index contributed by atoms with van der Waals surface area (Å²) in [7, 11) is 0. The number of esters is 1. The summed E-state index contributed by atoms with van der Waals surface area (Å²) in [6, 6.07) is 14.7. The van der Waals surface area contributed by atoms with Gasteiger partial charge in [-0.25, -0.2) is 14.8 Å². The molecule has 0 saturated heterocycles. The van der Waals surface area contributed by atoms with Crippen molar-refractivity contribution in [1.29, 1.82) is 0 Å². The zero-order valence-electron chi connectivity index (χ0n) is 31.2. The summed E-state index contributed by atoms with van der Waals surface area (Å²) in [5, 5.41) is 46.9. The lowest BCUT2D eigenvalue weighted by atomic mass is 9.74. The van der Waals surface area contributed by atoms with Crippen molar-refractivity contribution in [1.82, 2.24) is 9.97 Å². The van der Waals surface area contributed by atoms with Crippen molar-refractivity contribution in [3.8, 4) is 17.2 Å². The van der Waals surface area contributed by atoms with Gasteiger partial charge in [-0.15, -0.1) is 0 Å². The molecule has 4 heterocycles. The molecule has 0 unspecified atom stereocenters. The molecule has 0 spiro atoms. The fourth-order valence-corrected chi connectivity index (χ4v) is 7.23. The number of aryl methyl sites for hydroxylation is 1. The first kappa shape index (κ1) is 38.8. The molecule has 3 aromatic heterocycles. The van der Waals surface area contributed by atoms with Crippen LogP contribution in [0.4, 0.5) is 11.6 Å². The summed E-state index contributed by atoms with van der Waals surface area (Å²) in [6.07, 6.45) is 4.72. The molecule has 0 saturated carbocycles. The van der Waals surface area contributed by atoms with Gasteiger partial charge in [0.2, 0.25) is 0 Å². The van der Waals surface area contributed by atoms with E-state index in [2.05, 4.69) is 15.3 Å². The molecule has 5 aromatic rings. The molecule has 4 atom stereocenters. The lowest BCUT2D eigenvalue weighted by Crippen LogP contribution is -2.52. The van der Waals surface area contributed by atoms with Crippen molar-refractivity contribution >= 4 is 28.6 Å². The van der Waals surface area contributed by atoms with E-state index in [1.165, 1.54) is 18.3 Å². The number of aliphatic hydroxyl groups excluding tert-OH is 2. The summed E-state index contributed by atoms with van der Waals surface area (Å²) >= 11 is 0. The predicted molar refractivity (Wildman–Crippen MR) is 207 cm³/mol. The topological polar surface area (TPSA) is 210 Å². The molecule has 0 radical (unpaired) electrons. The van der Waals surface area contributed by atoms with Crippen LogP contribution >= 0.6 is 0 Å². The Kier molecular flexibility index (Phi) is 11.4. The average Bonchev–Trinajstić information content (AvgIpc) is 3.17. The maximum atomic E-state index is 13.8. The Balaban J connectivity index is 1.63. The molecule has 2 aromatic carbocycles. The number of ether oxygens (including phenoxy) is 2. The number of pyridine rings is 2. The Labute approximate surface area is 318 Å². The number of nitrogens with zero attached hydrogens (tertiary/aromatic N) is 2. The van der Waals surface area contributed by atoms with Crippen molar-refractivity contribution in [3.63, 3.8) is 0 Å². The monoisotopic (exact) mass is 750 g/mol. The van der Waals surface area contributed by atoms with Gasteiger partial charge in [0.15, 0.2) is 5.43 Å². The van der Waals surface area contributed by atoms with Gasteiger partial charge in [0, 0.05) is 60.0 Å². The Morgan fingerprint density at radius 3 is 2.58 bits per heavy atom. The quantitative estimate of drug-likeness (QED) is 0.0639. The number of carbonyl (C=O) groups is 1. The number of phenolic OH excluding ortho intramolecular Hbond substituents is 2. The second kappa shape index (κ2) is 16.2. The van der Waals surface area contributed by atoms with Gasteiger partial charge in [-0.05, 0) is 87.6 Å².